The summed E-state index contributed by atoms with van der Waals surface area (Å²) in [6, 6.07) is -0.470. The van der Waals surface area contributed by atoms with Crippen LogP contribution in [0.5, 0.6) is 0 Å². The molecule has 0 saturated carbocycles. The number of hydrogen-bond acceptors (Lipinski definition) is 4. The number of hydrogen-bond donors (Lipinski definition) is 2. The minimum atomic E-state index is -0.470. The SMILES string of the molecule is NN=N[C@@H]1CCCCN(N)C1=O. The predicted octanol–water partition coefficient (Wildman–Crippen LogP) is -0.433. The second-order valence-corrected chi connectivity index (χ2v) is 2.77. The van der Waals surface area contributed by atoms with Gasteiger partial charge in [0, 0.05) is 6.54 Å². The molecule has 1 heterocycles. The quantitative estimate of drug-likeness (QED) is 0.242. The molecular weight excluding hydrogens is 158 g/mol. The molecule has 1 rings (SSSR count). The lowest BCUT2D eigenvalue weighted by Crippen LogP contribution is -2.42. The average Bonchev–Trinajstić information content (AvgIpc) is 2.20. The van der Waals surface area contributed by atoms with Gasteiger partial charge in [-0.15, -0.1) is 0 Å². The number of amides is 1. The molecule has 1 saturated heterocycles. The fourth-order valence-corrected chi connectivity index (χ4v) is 1.23. The first kappa shape index (κ1) is 8.92. The highest BCUT2D eigenvalue weighted by Crippen LogP contribution is 2.12. The normalized spacial score (nSPS) is 26.2. The standard InChI is InChI=1S/C6H13N5O/c7-10-9-5-3-1-2-4-11(8)6(5)12/h5H,1-4,8H2,(H2,7,9)/t5-/m1/s1. The van der Waals surface area contributed by atoms with Gasteiger partial charge in [-0.3, -0.25) is 9.80 Å². The van der Waals surface area contributed by atoms with E-state index in [2.05, 4.69) is 10.3 Å². The molecule has 4 N–H and O–H groups in total. The lowest BCUT2D eigenvalue weighted by atomic mass is 10.1. The molecule has 68 valence electrons. The number of rotatable bonds is 1. The van der Waals surface area contributed by atoms with Crippen LogP contribution in [0.1, 0.15) is 19.3 Å². The Hall–Kier alpha value is -1.17. The molecule has 0 aromatic heterocycles. The first-order chi connectivity index (χ1) is 5.75. The van der Waals surface area contributed by atoms with Gasteiger partial charge < -0.3 is 5.84 Å². The van der Waals surface area contributed by atoms with E-state index < -0.39 is 6.04 Å². The van der Waals surface area contributed by atoms with Crippen molar-refractivity contribution in [3.8, 4) is 0 Å². The van der Waals surface area contributed by atoms with Gasteiger partial charge in [0.2, 0.25) is 0 Å². The smallest absolute Gasteiger partial charge is 0.263 e. The first-order valence-electron chi connectivity index (χ1n) is 3.92. The molecule has 0 aromatic rings. The van der Waals surface area contributed by atoms with Gasteiger partial charge in [-0.1, -0.05) is 5.22 Å². The molecule has 1 atom stereocenters. The Balaban J connectivity index is 2.64. The molecule has 0 bridgehead atoms. The summed E-state index contributed by atoms with van der Waals surface area (Å²) in [4.78, 5) is 11.3. The van der Waals surface area contributed by atoms with E-state index in [0.29, 0.717) is 13.0 Å². The summed E-state index contributed by atoms with van der Waals surface area (Å²) in [5, 5.41) is 7.90. The number of carbonyl (C=O) groups is 1. The summed E-state index contributed by atoms with van der Waals surface area (Å²) in [7, 11) is 0. The number of nitrogens with two attached hydrogens (primary N) is 2. The van der Waals surface area contributed by atoms with Gasteiger partial charge in [0.15, 0.2) is 6.04 Å². The van der Waals surface area contributed by atoms with Crippen LogP contribution in [-0.2, 0) is 4.79 Å². The van der Waals surface area contributed by atoms with E-state index in [0.717, 1.165) is 12.8 Å². The van der Waals surface area contributed by atoms with Crippen molar-refractivity contribution in [2.24, 2.45) is 22.0 Å². The van der Waals surface area contributed by atoms with Crippen LogP contribution in [0.15, 0.2) is 10.3 Å². The van der Waals surface area contributed by atoms with Gasteiger partial charge in [0.25, 0.3) is 5.91 Å². The fourth-order valence-electron chi connectivity index (χ4n) is 1.23. The highest BCUT2D eigenvalue weighted by Gasteiger charge is 2.24. The maximum atomic E-state index is 11.3. The van der Waals surface area contributed by atoms with Crippen LogP contribution in [0.25, 0.3) is 0 Å². The molecule has 6 heteroatoms. The largest absolute Gasteiger partial charge is 0.305 e. The summed E-state index contributed by atoms with van der Waals surface area (Å²) in [6.07, 6.45) is 2.54. The van der Waals surface area contributed by atoms with E-state index in [4.69, 9.17) is 11.7 Å². The fraction of sp³-hybridized carbons (Fsp3) is 0.833. The first-order valence-corrected chi connectivity index (χ1v) is 3.92. The molecule has 12 heavy (non-hydrogen) atoms. The zero-order chi connectivity index (χ0) is 8.97. The lowest BCUT2D eigenvalue weighted by Gasteiger charge is -2.14. The van der Waals surface area contributed by atoms with Crippen LogP contribution in [0.2, 0.25) is 0 Å². The Kier molecular flexibility index (Phi) is 2.98. The highest BCUT2D eigenvalue weighted by atomic mass is 16.2. The summed E-state index contributed by atoms with van der Waals surface area (Å²) >= 11 is 0. The highest BCUT2D eigenvalue weighted by molar-refractivity contribution is 5.81. The van der Waals surface area contributed by atoms with Crippen molar-refractivity contribution >= 4 is 5.91 Å². The molecule has 0 radical (unpaired) electrons. The van der Waals surface area contributed by atoms with E-state index in [1.807, 2.05) is 0 Å². The third-order valence-corrected chi connectivity index (χ3v) is 1.90. The van der Waals surface area contributed by atoms with Crippen LogP contribution in [0.3, 0.4) is 0 Å². The van der Waals surface area contributed by atoms with Crippen LogP contribution in [0, 0.1) is 0 Å². The van der Waals surface area contributed by atoms with E-state index in [1.54, 1.807) is 0 Å². The van der Waals surface area contributed by atoms with Crippen LogP contribution < -0.4 is 11.7 Å². The Bertz CT molecular complexity index is 192. The van der Waals surface area contributed by atoms with E-state index >= 15 is 0 Å². The summed E-state index contributed by atoms with van der Waals surface area (Å²) in [5.74, 6) is 10.1. The number of carbonyl (C=O) groups excluding carboxylic acids is 1. The maximum Gasteiger partial charge on any atom is 0.263 e. The summed E-state index contributed by atoms with van der Waals surface area (Å²) in [5.41, 5.74) is 0. The minimum absolute atomic E-state index is 0.193. The second kappa shape index (κ2) is 4.01. The van der Waals surface area contributed by atoms with Gasteiger partial charge in [-0.05, 0) is 19.3 Å². The van der Waals surface area contributed by atoms with E-state index in [-0.39, 0.29) is 5.91 Å². The number of hydrazine groups is 1. The Morgan fingerprint density at radius 3 is 2.92 bits per heavy atom. The van der Waals surface area contributed by atoms with Crippen molar-refractivity contribution in [2.45, 2.75) is 25.3 Å². The van der Waals surface area contributed by atoms with E-state index in [9.17, 15) is 4.79 Å². The van der Waals surface area contributed by atoms with Crippen molar-refractivity contribution in [2.75, 3.05) is 6.54 Å². The topological polar surface area (TPSA) is 97.1 Å². The number of nitrogens with zero attached hydrogens (tertiary/aromatic N) is 3. The van der Waals surface area contributed by atoms with Crippen LogP contribution in [0.4, 0.5) is 0 Å². The van der Waals surface area contributed by atoms with Gasteiger partial charge >= 0.3 is 0 Å². The third kappa shape index (κ3) is 1.91. The zero-order valence-electron chi connectivity index (χ0n) is 6.81. The molecular formula is C6H13N5O. The van der Waals surface area contributed by atoms with Crippen molar-refractivity contribution < 1.29 is 4.79 Å². The summed E-state index contributed by atoms with van der Waals surface area (Å²) in [6.45, 7) is 0.593. The monoisotopic (exact) mass is 171 g/mol. The van der Waals surface area contributed by atoms with Gasteiger partial charge in [0.1, 0.15) is 0 Å². The Morgan fingerprint density at radius 2 is 2.25 bits per heavy atom. The van der Waals surface area contributed by atoms with E-state index in [1.165, 1.54) is 5.01 Å². The zero-order valence-corrected chi connectivity index (χ0v) is 6.81. The molecule has 0 aliphatic carbocycles. The van der Waals surface area contributed by atoms with Crippen molar-refractivity contribution in [1.29, 1.82) is 0 Å². The van der Waals surface area contributed by atoms with Crippen molar-refractivity contribution in [1.82, 2.24) is 5.01 Å². The third-order valence-electron chi connectivity index (χ3n) is 1.90. The molecule has 6 nitrogen and oxygen atoms in total. The molecule has 0 spiro atoms. The Labute approximate surface area is 70.5 Å². The second-order valence-electron chi connectivity index (χ2n) is 2.77. The van der Waals surface area contributed by atoms with Crippen LogP contribution in [-0.4, -0.2) is 23.5 Å². The molecule has 1 aliphatic rings. The van der Waals surface area contributed by atoms with Gasteiger partial charge in [-0.2, -0.15) is 5.11 Å². The van der Waals surface area contributed by atoms with Gasteiger partial charge in [0.05, 0.1) is 0 Å². The molecule has 1 aliphatic heterocycles. The van der Waals surface area contributed by atoms with Gasteiger partial charge in [-0.25, -0.2) is 5.84 Å². The van der Waals surface area contributed by atoms with Crippen molar-refractivity contribution in [3.05, 3.63) is 0 Å². The average molecular weight is 171 g/mol. The lowest BCUT2D eigenvalue weighted by molar-refractivity contribution is -0.132. The van der Waals surface area contributed by atoms with Crippen molar-refractivity contribution in [3.63, 3.8) is 0 Å². The summed E-state index contributed by atoms with van der Waals surface area (Å²) < 4.78 is 0. The predicted molar refractivity (Wildman–Crippen MR) is 42.6 cm³/mol. The maximum absolute atomic E-state index is 11.3. The minimum Gasteiger partial charge on any atom is -0.305 e. The Morgan fingerprint density at radius 1 is 1.50 bits per heavy atom. The molecule has 1 amide bonds. The molecule has 1 fully saturated rings. The van der Waals surface area contributed by atoms with Crippen LogP contribution >= 0.6 is 0 Å². The molecule has 0 unspecified atom stereocenters. The molecule has 0 aromatic carbocycles.